The third-order valence-electron chi connectivity index (χ3n) is 0.840. The van der Waals surface area contributed by atoms with Gasteiger partial charge in [-0.1, -0.05) is 20.4 Å². The fourth-order valence-electron chi connectivity index (χ4n) is 0.333. The van der Waals surface area contributed by atoms with E-state index in [0.29, 0.717) is 12.2 Å². The topological polar surface area (TPSA) is 26.3 Å². The molecule has 0 saturated heterocycles. The van der Waals surface area contributed by atoms with E-state index >= 15 is 0 Å². The van der Waals surface area contributed by atoms with E-state index in [1.54, 1.807) is 6.92 Å². The van der Waals surface area contributed by atoms with Crippen LogP contribution in [0, 0.1) is 5.92 Å². The van der Waals surface area contributed by atoms with Gasteiger partial charge in [0.15, 0.2) is 0 Å². The summed E-state index contributed by atoms with van der Waals surface area (Å²) in [7, 11) is 0. The molecule has 0 spiro atoms. The lowest BCUT2D eigenvalue weighted by atomic mass is 10.2. The molecule has 0 rings (SSSR count). The molecule has 0 aliphatic carbocycles. The molecule has 2 nitrogen and oxygen atoms in total. The minimum absolute atomic E-state index is 0.318. The average molecular weight is 141 g/mol. The van der Waals surface area contributed by atoms with Crippen molar-refractivity contribution in [2.75, 3.05) is 6.61 Å². The summed E-state index contributed by atoms with van der Waals surface area (Å²) in [6.45, 7) is 9.29. The van der Waals surface area contributed by atoms with Gasteiger partial charge in [-0.05, 0) is 6.92 Å². The summed E-state index contributed by atoms with van der Waals surface area (Å²) >= 11 is 0. The Hall–Kier alpha value is -0.790. The quantitative estimate of drug-likeness (QED) is 0.442. The van der Waals surface area contributed by atoms with E-state index in [1.165, 1.54) is 0 Å². The van der Waals surface area contributed by atoms with E-state index in [-0.39, 0.29) is 5.97 Å². The minimum Gasteiger partial charge on any atom is -0.462 e. The van der Waals surface area contributed by atoms with Crippen molar-refractivity contribution in [1.29, 1.82) is 0 Å². The average Bonchev–Trinajstić information content (AvgIpc) is 1.82. The molecular formula is C8H13O2. The highest BCUT2D eigenvalue weighted by Gasteiger charge is 2.03. The van der Waals surface area contributed by atoms with Crippen molar-refractivity contribution >= 4 is 5.97 Å². The maximum absolute atomic E-state index is 10.7. The Kier molecular flexibility index (Phi) is 3.77. The predicted molar refractivity (Wildman–Crippen MR) is 40.4 cm³/mol. The van der Waals surface area contributed by atoms with Gasteiger partial charge in [0.25, 0.3) is 0 Å². The highest BCUT2D eigenvalue weighted by Crippen LogP contribution is 1.98. The molecule has 0 heterocycles. The third kappa shape index (κ3) is 4.13. The lowest BCUT2D eigenvalue weighted by Crippen LogP contribution is -2.08. The fraction of sp³-hybridized carbons (Fsp3) is 0.500. The second-order valence-corrected chi connectivity index (χ2v) is 2.56. The van der Waals surface area contributed by atoms with E-state index in [2.05, 4.69) is 6.58 Å². The molecule has 0 N–H and O–H groups in total. The van der Waals surface area contributed by atoms with Gasteiger partial charge in [-0.2, -0.15) is 0 Å². The van der Waals surface area contributed by atoms with Crippen LogP contribution in [0.5, 0.6) is 0 Å². The Balaban J connectivity index is 3.50. The summed E-state index contributed by atoms with van der Waals surface area (Å²) in [4.78, 5) is 10.7. The highest BCUT2D eigenvalue weighted by atomic mass is 16.5. The number of carbonyl (C=O) groups excluding carboxylic acids is 1. The zero-order valence-corrected chi connectivity index (χ0v) is 6.73. The molecule has 0 aromatic carbocycles. The standard InChI is InChI=1S/C8H13O2/c1-6(2)5-10-8(9)7(3)4/h3,5H2,1-2,4H3. The second-order valence-electron chi connectivity index (χ2n) is 2.56. The van der Waals surface area contributed by atoms with Gasteiger partial charge < -0.3 is 4.74 Å². The van der Waals surface area contributed by atoms with Crippen LogP contribution in [0.3, 0.4) is 0 Å². The van der Waals surface area contributed by atoms with Crippen LogP contribution in [0.25, 0.3) is 0 Å². The first-order valence-corrected chi connectivity index (χ1v) is 3.15. The summed E-state index contributed by atoms with van der Waals surface area (Å²) in [6.07, 6.45) is 0. The Morgan fingerprint density at radius 1 is 1.40 bits per heavy atom. The van der Waals surface area contributed by atoms with Crippen molar-refractivity contribution in [3.05, 3.63) is 18.1 Å². The summed E-state index contributed by atoms with van der Waals surface area (Å²) in [5.41, 5.74) is 0.446. The van der Waals surface area contributed by atoms with Crippen LogP contribution in [-0.4, -0.2) is 12.6 Å². The van der Waals surface area contributed by atoms with Gasteiger partial charge in [0.05, 0.1) is 6.61 Å². The van der Waals surface area contributed by atoms with Crippen molar-refractivity contribution in [1.82, 2.24) is 0 Å². The zero-order valence-electron chi connectivity index (χ0n) is 6.73. The molecular weight excluding hydrogens is 128 g/mol. The van der Waals surface area contributed by atoms with E-state index in [0.717, 1.165) is 5.92 Å². The fourth-order valence-corrected chi connectivity index (χ4v) is 0.333. The van der Waals surface area contributed by atoms with E-state index in [9.17, 15) is 4.79 Å². The maximum Gasteiger partial charge on any atom is 0.333 e. The van der Waals surface area contributed by atoms with Crippen LogP contribution in [0.1, 0.15) is 20.8 Å². The molecule has 1 radical (unpaired) electrons. The molecule has 57 valence electrons. The normalized spacial score (nSPS) is 9.60. The summed E-state index contributed by atoms with van der Waals surface area (Å²) in [5.74, 6) is 0.760. The van der Waals surface area contributed by atoms with Gasteiger partial charge >= 0.3 is 5.97 Å². The van der Waals surface area contributed by atoms with Gasteiger partial charge in [0.2, 0.25) is 0 Å². The largest absolute Gasteiger partial charge is 0.462 e. The van der Waals surface area contributed by atoms with Crippen molar-refractivity contribution in [3.63, 3.8) is 0 Å². The molecule has 0 aliphatic rings. The van der Waals surface area contributed by atoms with Crippen LogP contribution in [0.15, 0.2) is 12.2 Å². The zero-order chi connectivity index (χ0) is 8.15. The Morgan fingerprint density at radius 3 is 2.20 bits per heavy atom. The van der Waals surface area contributed by atoms with Gasteiger partial charge in [-0.25, -0.2) is 4.79 Å². The maximum atomic E-state index is 10.7. The number of hydrogen-bond donors (Lipinski definition) is 0. The van der Waals surface area contributed by atoms with E-state index in [4.69, 9.17) is 4.74 Å². The molecule has 0 atom stereocenters. The summed E-state index contributed by atoms with van der Waals surface area (Å²) < 4.78 is 4.79. The molecule has 0 aromatic rings. The first-order valence-electron chi connectivity index (χ1n) is 3.15. The van der Waals surface area contributed by atoms with Crippen molar-refractivity contribution in [2.45, 2.75) is 20.8 Å². The first kappa shape index (κ1) is 9.21. The SMILES string of the molecule is C=C(C)C(=O)OC[C](C)C. The van der Waals surface area contributed by atoms with Crippen molar-refractivity contribution < 1.29 is 9.53 Å². The number of carbonyl (C=O) groups is 1. The number of rotatable bonds is 3. The number of esters is 1. The van der Waals surface area contributed by atoms with Gasteiger partial charge in [-0.15, -0.1) is 0 Å². The number of ether oxygens (including phenoxy) is 1. The van der Waals surface area contributed by atoms with Crippen LogP contribution in [0.2, 0.25) is 0 Å². The molecule has 0 aromatic heterocycles. The lowest BCUT2D eigenvalue weighted by molar-refractivity contribution is -0.138. The van der Waals surface area contributed by atoms with Gasteiger partial charge in [0, 0.05) is 11.5 Å². The molecule has 0 amide bonds. The molecule has 2 heteroatoms. The molecule has 0 aliphatic heterocycles. The molecule has 0 unspecified atom stereocenters. The minimum atomic E-state index is -0.318. The summed E-state index contributed by atoms with van der Waals surface area (Å²) in [5, 5.41) is 0. The smallest absolute Gasteiger partial charge is 0.333 e. The van der Waals surface area contributed by atoms with Crippen molar-refractivity contribution in [3.8, 4) is 0 Å². The van der Waals surface area contributed by atoms with Crippen LogP contribution in [-0.2, 0) is 9.53 Å². The van der Waals surface area contributed by atoms with Crippen molar-refractivity contribution in [2.24, 2.45) is 0 Å². The lowest BCUT2D eigenvalue weighted by Gasteiger charge is -2.05. The first-order chi connectivity index (χ1) is 4.54. The van der Waals surface area contributed by atoms with Gasteiger partial charge in [-0.3, -0.25) is 0 Å². The van der Waals surface area contributed by atoms with Crippen LogP contribution < -0.4 is 0 Å². The third-order valence-corrected chi connectivity index (χ3v) is 0.840. The Morgan fingerprint density at radius 2 is 1.90 bits per heavy atom. The predicted octanol–water partition coefficient (Wildman–Crippen LogP) is 1.72. The molecule has 0 fully saturated rings. The number of hydrogen-bond acceptors (Lipinski definition) is 2. The van der Waals surface area contributed by atoms with E-state index in [1.807, 2.05) is 13.8 Å². The van der Waals surface area contributed by atoms with E-state index < -0.39 is 0 Å². The van der Waals surface area contributed by atoms with Gasteiger partial charge in [0.1, 0.15) is 0 Å². The van der Waals surface area contributed by atoms with Crippen LogP contribution in [0.4, 0.5) is 0 Å². The highest BCUT2D eigenvalue weighted by molar-refractivity contribution is 5.86. The monoisotopic (exact) mass is 141 g/mol. The Labute approximate surface area is 61.9 Å². The molecule has 0 bridgehead atoms. The molecule has 0 saturated carbocycles. The molecule has 10 heavy (non-hydrogen) atoms. The second kappa shape index (κ2) is 4.09. The Bertz CT molecular complexity index is 136. The van der Waals surface area contributed by atoms with Crippen LogP contribution >= 0.6 is 0 Å². The summed E-state index contributed by atoms with van der Waals surface area (Å²) in [6, 6.07) is 0.